The number of anilines is 2. The summed E-state index contributed by atoms with van der Waals surface area (Å²) in [4.78, 5) is 40.1. The smallest absolute Gasteiger partial charge is 0.303 e. The number of carbonyl (C=O) groups is 3. The van der Waals surface area contributed by atoms with Gasteiger partial charge in [-0.2, -0.15) is 0 Å². The van der Waals surface area contributed by atoms with Gasteiger partial charge in [0.2, 0.25) is 5.91 Å². The first-order valence-corrected chi connectivity index (χ1v) is 12.3. The molecule has 0 radical (unpaired) electrons. The molecule has 188 valence electrons. The molecule has 1 heterocycles. The highest BCUT2D eigenvalue weighted by Gasteiger charge is 2.42. The van der Waals surface area contributed by atoms with Crippen LogP contribution in [0, 0.1) is 12.7 Å². The lowest BCUT2D eigenvalue weighted by atomic mass is 9.78. The normalized spacial score (nSPS) is 19.0. The molecule has 6 nitrogen and oxygen atoms in total. The summed E-state index contributed by atoms with van der Waals surface area (Å²) < 4.78 is 15.3. The van der Waals surface area contributed by atoms with E-state index in [1.54, 1.807) is 36.4 Å². The first-order valence-electron chi connectivity index (χ1n) is 12.3. The summed E-state index contributed by atoms with van der Waals surface area (Å²) in [5.41, 5.74) is 4.43. The van der Waals surface area contributed by atoms with Crippen LogP contribution in [0.25, 0.3) is 0 Å². The number of aliphatic carboxylic acids is 1. The maximum absolute atomic E-state index is 15.3. The number of ketones is 1. The quantitative estimate of drug-likeness (QED) is 0.457. The summed E-state index contributed by atoms with van der Waals surface area (Å²) in [7, 11) is 0. The highest BCUT2D eigenvalue weighted by molar-refractivity contribution is 6.06. The molecule has 0 spiro atoms. The summed E-state index contributed by atoms with van der Waals surface area (Å²) in [5, 5.41) is 12.6. The first kappa shape index (κ1) is 24.4. The molecule has 0 fully saturated rings. The van der Waals surface area contributed by atoms with Crippen molar-refractivity contribution >= 4 is 29.0 Å². The molecule has 7 heteroatoms. The van der Waals surface area contributed by atoms with E-state index in [0.717, 1.165) is 11.1 Å². The molecule has 1 aliphatic heterocycles. The van der Waals surface area contributed by atoms with Crippen molar-refractivity contribution in [3.8, 4) is 0 Å². The number of carboxylic acids is 1. The van der Waals surface area contributed by atoms with Crippen molar-refractivity contribution in [3.05, 3.63) is 107 Å². The Labute approximate surface area is 214 Å². The van der Waals surface area contributed by atoms with Crippen molar-refractivity contribution in [2.75, 3.05) is 10.2 Å². The van der Waals surface area contributed by atoms with Gasteiger partial charge in [0.25, 0.3) is 0 Å². The van der Waals surface area contributed by atoms with Crippen LogP contribution in [0.4, 0.5) is 15.8 Å². The van der Waals surface area contributed by atoms with Crippen molar-refractivity contribution in [3.63, 3.8) is 0 Å². The molecule has 3 aromatic rings. The molecule has 2 aliphatic rings. The van der Waals surface area contributed by atoms with E-state index in [1.807, 2.05) is 37.3 Å². The van der Waals surface area contributed by atoms with Crippen LogP contribution in [-0.2, 0) is 14.4 Å². The van der Waals surface area contributed by atoms with Gasteiger partial charge in [-0.05, 0) is 43.0 Å². The van der Waals surface area contributed by atoms with Gasteiger partial charge in [0.05, 0.1) is 23.8 Å². The Hall–Kier alpha value is -4.26. The van der Waals surface area contributed by atoms with Crippen LogP contribution in [0.15, 0.2) is 84.1 Å². The Morgan fingerprint density at radius 3 is 2.41 bits per heavy atom. The second kappa shape index (κ2) is 10.0. The summed E-state index contributed by atoms with van der Waals surface area (Å²) in [5.74, 6) is -2.37. The molecule has 3 aromatic carbocycles. The van der Waals surface area contributed by atoms with Gasteiger partial charge in [-0.15, -0.1) is 0 Å². The number of fused-ring (bicyclic) bond motifs is 1. The monoisotopic (exact) mass is 498 g/mol. The number of halogens is 1. The molecule has 2 atom stereocenters. The Kier molecular flexibility index (Phi) is 6.61. The van der Waals surface area contributed by atoms with Gasteiger partial charge in [-0.3, -0.25) is 19.3 Å². The molecular weight excluding hydrogens is 471 g/mol. The summed E-state index contributed by atoms with van der Waals surface area (Å²) in [6, 6.07) is 20.3. The molecule has 2 N–H and O–H groups in total. The average molecular weight is 499 g/mol. The van der Waals surface area contributed by atoms with Gasteiger partial charge >= 0.3 is 5.97 Å². The minimum Gasteiger partial charge on any atom is -0.481 e. The average Bonchev–Trinajstić information content (AvgIpc) is 3.02. The van der Waals surface area contributed by atoms with E-state index in [9.17, 15) is 19.5 Å². The maximum Gasteiger partial charge on any atom is 0.303 e. The number of hydrogen-bond acceptors (Lipinski definition) is 4. The molecule has 1 aliphatic carbocycles. The fraction of sp³-hybridized carbons (Fsp3) is 0.233. The van der Waals surface area contributed by atoms with E-state index in [4.69, 9.17) is 0 Å². The molecule has 0 bridgehead atoms. The van der Waals surface area contributed by atoms with Crippen LogP contribution < -0.4 is 10.2 Å². The maximum atomic E-state index is 15.3. The van der Waals surface area contributed by atoms with E-state index in [2.05, 4.69) is 5.32 Å². The lowest BCUT2D eigenvalue weighted by Crippen LogP contribution is -2.39. The lowest BCUT2D eigenvalue weighted by molar-refractivity contribution is -0.138. The molecule has 37 heavy (non-hydrogen) atoms. The zero-order valence-electron chi connectivity index (χ0n) is 20.4. The van der Waals surface area contributed by atoms with Crippen LogP contribution in [0.5, 0.6) is 0 Å². The zero-order valence-corrected chi connectivity index (χ0v) is 20.4. The van der Waals surface area contributed by atoms with E-state index in [0.29, 0.717) is 29.1 Å². The number of rotatable bonds is 5. The second-order valence-electron chi connectivity index (χ2n) is 9.55. The Balaban J connectivity index is 1.69. The van der Waals surface area contributed by atoms with Crippen LogP contribution in [0.2, 0.25) is 0 Å². The minimum atomic E-state index is -1.10. The predicted molar refractivity (Wildman–Crippen MR) is 139 cm³/mol. The van der Waals surface area contributed by atoms with Gasteiger partial charge in [-0.1, -0.05) is 60.2 Å². The molecule has 0 unspecified atom stereocenters. The van der Waals surface area contributed by atoms with Crippen LogP contribution in [0.3, 0.4) is 0 Å². The number of carbonyl (C=O) groups excluding carboxylic acids is 2. The number of benzene rings is 3. The van der Waals surface area contributed by atoms with E-state index >= 15 is 4.39 Å². The molecule has 5 rings (SSSR count). The minimum absolute atomic E-state index is 0.0676. The van der Waals surface area contributed by atoms with Crippen molar-refractivity contribution in [1.82, 2.24) is 0 Å². The van der Waals surface area contributed by atoms with E-state index < -0.39 is 23.7 Å². The first-order chi connectivity index (χ1) is 17.8. The number of para-hydroxylation sites is 2. The van der Waals surface area contributed by atoms with Gasteiger partial charge in [0, 0.05) is 29.7 Å². The summed E-state index contributed by atoms with van der Waals surface area (Å²) in [6.45, 7) is 2.01. The fourth-order valence-corrected chi connectivity index (χ4v) is 5.27. The Morgan fingerprint density at radius 1 is 0.973 bits per heavy atom. The van der Waals surface area contributed by atoms with E-state index in [-0.39, 0.29) is 36.5 Å². The lowest BCUT2D eigenvalue weighted by Gasteiger charge is -2.35. The SMILES string of the molecule is Cc1ccc([C@H]2CC(=O)C3=C(C2)Nc2ccccc2N(C(=O)CCC(=O)O)[C@@H]3c2ccccc2F)cc1. The van der Waals surface area contributed by atoms with Crippen LogP contribution >= 0.6 is 0 Å². The van der Waals surface area contributed by atoms with Gasteiger partial charge < -0.3 is 10.4 Å². The number of carboxylic acid groups (broad SMARTS) is 1. The molecule has 1 amide bonds. The number of hydrogen-bond donors (Lipinski definition) is 2. The summed E-state index contributed by atoms with van der Waals surface area (Å²) in [6.07, 6.45) is 0.0876. The fourth-order valence-electron chi connectivity index (χ4n) is 5.27. The predicted octanol–water partition coefficient (Wildman–Crippen LogP) is 5.90. The Morgan fingerprint density at radius 2 is 1.68 bits per heavy atom. The van der Waals surface area contributed by atoms with Crippen molar-refractivity contribution < 1.29 is 23.9 Å². The number of Topliss-reactive ketones (excluding diaryl/α,β-unsaturated/α-hetero) is 1. The third-order valence-corrected chi connectivity index (χ3v) is 7.06. The van der Waals surface area contributed by atoms with Gasteiger partial charge in [-0.25, -0.2) is 4.39 Å². The second-order valence-corrected chi connectivity index (χ2v) is 9.55. The van der Waals surface area contributed by atoms with Crippen LogP contribution in [0.1, 0.15) is 54.3 Å². The largest absolute Gasteiger partial charge is 0.481 e. The standard InChI is InChI=1S/C30H27FN2O4/c1-18-10-12-19(13-11-18)20-16-24-29(26(34)17-20)30(21-6-2-3-7-22(21)31)33(27(35)14-15-28(36)37)25-9-5-4-8-23(25)32-24/h2-13,20,30,32H,14-17H2,1H3,(H,36,37)/t20-,30-/m1/s1. The Bertz CT molecular complexity index is 1410. The number of nitrogens with zero attached hydrogens (tertiary/aromatic N) is 1. The molecule has 0 saturated carbocycles. The number of nitrogens with one attached hydrogen (secondary N) is 1. The highest BCUT2D eigenvalue weighted by Crippen LogP contribution is 2.48. The van der Waals surface area contributed by atoms with Crippen molar-refractivity contribution in [1.29, 1.82) is 0 Å². The highest BCUT2D eigenvalue weighted by atomic mass is 19.1. The zero-order chi connectivity index (χ0) is 26.1. The third-order valence-electron chi connectivity index (χ3n) is 7.06. The number of aryl methyl sites for hydroxylation is 1. The van der Waals surface area contributed by atoms with Crippen molar-refractivity contribution in [2.24, 2.45) is 0 Å². The van der Waals surface area contributed by atoms with Crippen LogP contribution in [-0.4, -0.2) is 22.8 Å². The van der Waals surface area contributed by atoms with Crippen molar-refractivity contribution in [2.45, 2.75) is 44.6 Å². The van der Waals surface area contributed by atoms with E-state index in [1.165, 1.54) is 11.0 Å². The molecule has 0 saturated heterocycles. The topological polar surface area (TPSA) is 86.7 Å². The van der Waals surface area contributed by atoms with Gasteiger partial charge in [0.1, 0.15) is 5.82 Å². The summed E-state index contributed by atoms with van der Waals surface area (Å²) >= 11 is 0. The number of amides is 1. The molecule has 0 aromatic heterocycles. The molecular formula is C30H27FN2O4. The third kappa shape index (κ3) is 4.77. The number of allylic oxidation sites excluding steroid dienone is 1. The van der Waals surface area contributed by atoms with Gasteiger partial charge in [0.15, 0.2) is 5.78 Å².